The minimum atomic E-state index is -0.119. The maximum Gasteiger partial charge on any atom is 0.129 e. The molecule has 0 saturated carbocycles. The van der Waals surface area contributed by atoms with E-state index in [1.165, 1.54) is 0 Å². The van der Waals surface area contributed by atoms with Crippen molar-refractivity contribution in [2.75, 3.05) is 6.26 Å². The van der Waals surface area contributed by atoms with Crippen LogP contribution in [0.15, 0.2) is 42.5 Å². The fourth-order valence-electron chi connectivity index (χ4n) is 1.58. The van der Waals surface area contributed by atoms with E-state index >= 15 is 0 Å². The normalized spacial score (nSPS) is 12.2. The molecule has 0 aliphatic heterocycles. The van der Waals surface area contributed by atoms with Gasteiger partial charge in [-0.05, 0) is 54.3 Å². The zero-order valence-corrected chi connectivity index (χ0v) is 12.6. The van der Waals surface area contributed by atoms with Crippen LogP contribution in [-0.2, 0) is 0 Å². The van der Waals surface area contributed by atoms with Crippen molar-refractivity contribution in [3.63, 3.8) is 0 Å². The summed E-state index contributed by atoms with van der Waals surface area (Å²) < 4.78 is 5.74. The Kier molecular flexibility index (Phi) is 4.99. The smallest absolute Gasteiger partial charge is 0.129 e. The first-order chi connectivity index (χ1) is 9.08. The molecule has 2 nitrogen and oxygen atoms in total. The fraction of sp³-hybridized carbons (Fsp3) is 0.143. The number of rotatable bonds is 4. The molecule has 5 heteroatoms. The summed E-state index contributed by atoms with van der Waals surface area (Å²) in [5, 5.41) is 1.15. The van der Waals surface area contributed by atoms with E-state index in [2.05, 4.69) is 0 Å². The Morgan fingerprint density at radius 3 is 2.32 bits per heavy atom. The number of thioether (sulfide) groups is 1. The van der Waals surface area contributed by atoms with Gasteiger partial charge in [-0.15, -0.1) is 11.8 Å². The highest BCUT2D eigenvalue weighted by molar-refractivity contribution is 7.98. The first kappa shape index (κ1) is 14.5. The SMILES string of the molecule is CSC(N)c1cc(Cl)cc(Oc2ccc(Cl)cc2)c1. The quantitative estimate of drug-likeness (QED) is 0.797. The fourth-order valence-corrected chi connectivity index (χ4v) is 2.35. The lowest BCUT2D eigenvalue weighted by molar-refractivity contribution is 0.482. The van der Waals surface area contributed by atoms with Gasteiger partial charge < -0.3 is 10.5 Å². The van der Waals surface area contributed by atoms with Crippen LogP contribution in [0, 0.1) is 0 Å². The van der Waals surface area contributed by atoms with Crippen molar-refractivity contribution in [2.24, 2.45) is 5.73 Å². The van der Waals surface area contributed by atoms with Crippen molar-refractivity contribution in [1.82, 2.24) is 0 Å². The van der Waals surface area contributed by atoms with Gasteiger partial charge in [-0.2, -0.15) is 0 Å². The van der Waals surface area contributed by atoms with Crippen LogP contribution >= 0.6 is 35.0 Å². The summed E-state index contributed by atoms with van der Waals surface area (Å²) in [5.74, 6) is 1.37. The van der Waals surface area contributed by atoms with Gasteiger partial charge in [0.05, 0.1) is 5.37 Å². The van der Waals surface area contributed by atoms with E-state index in [-0.39, 0.29) is 5.37 Å². The highest BCUT2D eigenvalue weighted by atomic mass is 35.5. The number of hydrogen-bond acceptors (Lipinski definition) is 3. The zero-order chi connectivity index (χ0) is 13.8. The second-order valence-electron chi connectivity index (χ2n) is 3.93. The Morgan fingerprint density at radius 1 is 1.00 bits per heavy atom. The van der Waals surface area contributed by atoms with E-state index in [0.29, 0.717) is 21.5 Å². The van der Waals surface area contributed by atoms with Crippen molar-refractivity contribution < 1.29 is 4.74 Å². The van der Waals surface area contributed by atoms with E-state index < -0.39 is 0 Å². The molecule has 0 fully saturated rings. The van der Waals surface area contributed by atoms with Crippen LogP contribution in [0.25, 0.3) is 0 Å². The van der Waals surface area contributed by atoms with Crippen molar-refractivity contribution in [2.45, 2.75) is 5.37 Å². The molecule has 0 aliphatic rings. The minimum Gasteiger partial charge on any atom is -0.457 e. The molecule has 2 aromatic rings. The molecule has 2 aromatic carbocycles. The molecule has 0 amide bonds. The van der Waals surface area contributed by atoms with Gasteiger partial charge in [0, 0.05) is 10.0 Å². The van der Waals surface area contributed by atoms with E-state index in [0.717, 1.165) is 5.56 Å². The first-order valence-electron chi connectivity index (χ1n) is 5.61. The molecule has 0 spiro atoms. The van der Waals surface area contributed by atoms with Gasteiger partial charge in [0.2, 0.25) is 0 Å². The molecule has 2 rings (SSSR count). The van der Waals surface area contributed by atoms with Gasteiger partial charge in [-0.3, -0.25) is 0 Å². The first-order valence-corrected chi connectivity index (χ1v) is 7.65. The lowest BCUT2D eigenvalue weighted by Crippen LogP contribution is -2.05. The highest BCUT2D eigenvalue weighted by Gasteiger charge is 2.08. The summed E-state index contributed by atoms with van der Waals surface area (Å²) in [6.45, 7) is 0. The lowest BCUT2D eigenvalue weighted by atomic mass is 10.2. The number of nitrogens with two attached hydrogens (primary N) is 1. The summed E-state index contributed by atoms with van der Waals surface area (Å²) in [4.78, 5) is 0. The maximum atomic E-state index is 6.08. The van der Waals surface area contributed by atoms with Crippen molar-refractivity contribution in [3.05, 3.63) is 58.1 Å². The van der Waals surface area contributed by atoms with Gasteiger partial charge in [-0.25, -0.2) is 0 Å². The second-order valence-corrected chi connectivity index (χ2v) is 5.78. The van der Waals surface area contributed by atoms with E-state index in [1.807, 2.05) is 18.4 Å². The number of halogens is 2. The van der Waals surface area contributed by atoms with Crippen LogP contribution < -0.4 is 10.5 Å². The average molecular weight is 314 g/mol. The third-order valence-electron chi connectivity index (χ3n) is 2.53. The molecule has 19 heavy (non-hydrogen) atoms. The molecule has 0 heterocycles. The molecular weight excluding hydrogens is 301 g/mol. The highest BCUT2D eigenvalue weighted by Crippen LogP contribution is 2.31. The summed E-state index contributed by atoms with van der Waals surface area (Å²) in [5.41, 5.74) is 6.91. The summed E-state index contributed by atoms with van der Waals surface area (Å²) in [6.07, 6.45) is 1.95. The van der Waals surface area contributed by atoms with Gasteiger partial charge in [0.1, 0.15) is 11.5 Å². The molecule has 0 saturated heterocycles. The third kappa shape index (κ3) is 4.05. The monoisotopic (exact) mass is 313 g/mol. The van der Waals surface area contributed by atoms with Gasteiger partial charge in [0.25, 0.3) is 0 Å². The third-order valence-corrected chi connectivity index (χ3v) is 3.78. The molecule has 0 bridgehead atoms. The predicted molar refractivity (Wildman–Crippen MR) is 83.4 cm³/mol. The average Bonchev–Trinajstić information content (AvgIpc) is 2.40. The summed E-state index contributed by atoms with van der Waals surface area (Å²) in [7, 11) is 0. The molecule has 1 atom stereocenters. The Hall–Kier alpha value is -0.870. The predicted octanol–water partition coefficient (Wildman–Crippen LogP) is 5.11. The molecule has 1 unspecified atom stereocenters. The van der Waals surface area contributed by atoms with Gasteiger partial charge in [-0.1, -0.05) is 23.2 Å². The standard InChI is InChI=1S/C14H13Cl2NOS/c1-19-14(17)9-6-11(16)8-13(7-9)18-12-4-2-10(15)3-5-12/h2-8,14H,17H2,1H3. The molecule has 2 N–H and O–H groups in total. The molecule has 0 radical (unpaired) electrons. The number of ether oxygens (including phenoxy) is 1. The summed E-state index contributed by atoms with van der Waals surface area (Å²) >= 11 is 13.5. The molecule has 0 aliphatic carbocycles. The number of benzene rings is 2. The van der Waals surface area contributed by atoms with Crippen LogP contribution in [0.4, 0.5) is 0 Å². The Bertz CT molecular complexity index is 560. The van der Waals surface area contributed by atoms with Crippen molar-refractivity contribution in [3.8, 4) is 11.5 Å². The van der Waals surface area contributed by atoms with Gasteiger partial charge >= 0.3 is 0 Å². The van der Waals surface area contributed by atoms with Gasteiger partial charge in [0.15, 0.2) is 0 Å². The minimum absolute atomic E-state index is 0.119. The molecular formula is C14H13Cl2NOS. The zero-order valence-electron chi connectivity index (χ0n) is 10.3. The Morgan fingerprint density at radius 2 is 1.68 bits per heavy atom. The van der Waals surface area contributed by atoms with Crippen molar-refractivity contribution in [1.29, 1.82) is 0 Å². The van der Waals surface area contributed by atoms with E-state index in [4.69, 9.17) is 33.7 Å². The van der Waals surface area contributed by atoms with Crippen LogP contribution in [0.1, 0.15) is 10.9 Å². The second kappa shape index (κ2) is 6.53. The Labute approximate surface area is 126 Å². The van der Waals surface area contributed by atoms with Crippen LogP contribution in [0.2, 0.25) is 10.0 Å². The van der Waals surface area contributed by atoms with Crippen LogP contribution in [0.3, 0.4) is 0 Å². The maximum absolute atomic E-state index is 6.08. The topological polar surface area (TPSA) is 35.2 Å². The number of hydrogen-bond donors (Lipinski definition) is 1. The largest absolute Gasteiger partial charge is 0.457 e. The molecule has 0 aromatic heterocycles. The lowest BCUT2D eigenvalue weighted by Gasteiger charge is -2.12. The molecule has 100 valence electrons. The summed E-state index contributed by atoms with van der Waals surface area (Å²) in [6, 6.07) is 12.6. The van der Waals surface area contributed by atoms with E-state index in [1.54, 1.807) is 42.1 Å². The van der Waals surface area contributed by atoms with Crippen molar-refractivity contribution >= 4 is 35.0 Å². The van der Waals surface area contributed by atoms with Crippen LogP contribution in [-0.4, -0.2) is 6.26 Å². The van der Waals surface area contributed by atoms with Crippen LogP contribution in [0.5, 0.6) is 11.5 Å². The Balaban J connectivity index is 2.24. The van der Waals surface area contributed by atoms with E-state index in [9.17, 15) is 0 Å².